The Bertz CT molecular complexity index is 189. The third-order valence-corrected chi connectivity index (χ3v) is 1.24. The van der Waals surface area contributed by atoms with Crippen LogP contribution in [0.25, 0.3) is 0 Å². The van der Waals surface area contributed by atoms with Gasteiger partial charge in [-0.1, -0.05) is 0 Å². The highest BCUT2D eigenvalue weighted by molar-refractivity contribution is 9.10. The molecule has 58 valence electrons. The average Bonchev–Trinajstić information content (AvgIpc) is 2.17. The molecular formula is C4H8BrClN4. The van der Waals surface area contributed by atoms with E-state index in [-0.39, 0.29) is 12.4 Å². The summed E-state index contributed by atoms with van der Waals surface area (Å²) in [6.07, 6.45) is 0.749. The van der Waals surface area contributed by atoms with Crippen LogP contribution in [-0.2, 0) is 6.42 Å². The van der Waals surface area contributed by atoms with E-state index in [4.69, 9.17) is 5.73 Å². The lowest BCUT2D eigenvalue weighted by atomic mass is 10.4. The van der Waals surface area contributed by atoms with Gasteiger partial charge in [-0.15, -0.1) is 17.5 Å². The average molecular weight is 227 g/mol. The highest BCUT2D eigenvalue weighted by Gasteiger charge is 1.95. The molecule has 0 unspecified atom stereocenters. The highest BCUT2D eigenvalue weighted by atomic mass is 79.9. The van der Waals surface area contributed by atoms with Crippen molar-refractivity contribution in [3.05, 3.63) is 10.6 Å². The molecule has 0 aliphatic carbocycles. The van der Waals surface area contributed by atoms with Crippen molar-refractivity contribution < 1.29 is 0 Å². The van der Waals surface area contributed by atoms with Gasteiger partial charge >= 0.3 is 0 Å². The molecule has 0 aromatic carbocycles. The molecule has 0 saturated heterocycles. The van der Waals surface area contributed by atoms with Crippen LogP contribution >= 0.6 is 28.3 Å². The first kappa shape index (κ1) is 9.87. The first-order valence-electron chi connectivity index (χ1n) is 2.60. The van der Waals surface area contributed by atoms with Crippen molar-refractivity contribution in [2.24, 2.45) is 5.73 Å². The Kier molecular flexibility index (Phi) is 4.59. The van der Waals surface area contributed by atoms with Crippen LogP contribution in [0.15, 0.2) is 4.73 Å². The number of aromatic nitrogens is 3. The molecule has 0 atom stereocenters. The third kappa shape index (κ3) is 2.64. The van der Waals surface area contributed by atoms with Gasteiger partial charge in [-0.25, -0.2) is 4.98 Å². The summed E-state index contributed by atoms with van der Waals surface area (Å²) in [6.45, 7) is 0.599. The van der Waals surface area contributed by atoms with Gasteiger partial charge in [-0.2, -0.15) is 0 Å². The van der Waals surface area contributed by atoms with Crippen molar-refractivity contribution in [1.29, 1.82) is 0 Å². The van der Waals surface area contributed by atoms with Crippen molar-refractivity contribution in [2.75, 3.05) is 6.54 Å². The largest absolute Gasteiger partial charge is 0.330 e. The summed E-state index contributed by atoms with van der Waals surface area (Å²) in [5.74, 6) is 0.823. The van der Waals surface area contributed by atoms with Crippen LogP contribution in [0, 0.1) is 0 Å². The number of nitrogens with one attached hydrogen (secondary N) is 1. The molecule has 0 aliphatic rings. The van der Waals surface area contributed by atoms with Gasteiger partial charge in [0, 0.05) is 6.42 Å². The fourth-order valence-electron chi connectivity index (χ4n) is 0.521. The Morgan fingerprint density at radius 3 is 2.70 bits per heavy atom. The van der Waals surface area contributed by atoms with E-state index in [2.05, 4.69) is 31.1 Å². The summed E-state index contributed by atoms with van der Waals surface area (Å²) in [4.78, 5) is 3.97. The number of rotatable bonds is 2. The minimum absolute atomic E-state index is 0. The first-order chi connectivity index (χ1) is 4.33. The number of halogens is 2. The molecule has 6 heteroatoms. The van der Waals surface area contributed by atoms with Gasteiger partial charge in [0.05, 0.1) is 0 Å². The fourth-order valence-corrected chi connectivity index (χ4v) is 0.823. The zero-order valence-electron chi connectivity index (χ0n) is 5.17. The topological polar surface area (TPSA) is 67.6 Å². The summed E-state index contributed by atoms with van der Waals surface area (Å²) >= 11 is 3.11. The van der Waals surface area contributed by atoms with Crippen LogP contribution in [0.1, 0.15) is 5.82 Å². The molecule has 4 nitrogen and oxygen atoms in total. The number of H-pyrrole nitrogens is 1. The maximum atomic E-state index is 5.27. The monoisotopic (exact) mass is 226 g/mol. The number of hydrogen-bond donors (Lipinski definition) is 2. The van der Waals surface area contributed by atoms with Crippen LogP contribution in [0.5, 0.6) is 0 Å². The number of nitrogens with zero attached hydrogens (tertiary/aromatic N) is 2. The number of nitrogens with two attached hydrogens (primary N) is 1. The number of hydrogen-bond acceptors (Lipinski definition) is 3. The zero-order valence-corrected chi connectivity index (χ0v) is 7.57. The molecule has 1 aromatic rings. The van der Waals surface area contributed by atoms with Crippen LogP contribution in [-0.4, -0.2) is 21.7 Å². The molecule has 0 radical (unpaired) electrons. The normalized spacial score (nSPS) is 9.00. The summed E-state index contributed by atoms with van der Waals surface area (Å²) in [5, 5.41) is 6.48. The lowest BCUT2D eigenvalue weighted by Gasteiger charge is -1.85. The van der Waals surface area contributed by atoms with Gasteiger partial charge in [-0.3, -0.25) is 5.10 Å². The smallest absolute Gasteiger partial charge is 0.217 e. The summed E-state index contributed by atoms with van der Waals surface area (Å²) < 4.78 is 0.589. The second-order valence-corrected chi connectivity index (χ2v) is 2.30. The van der Waals surface area contributed by atoms with Crippen LogP contribution in [0.3, 0.4) is 0 Å². The Balaban J connectivity index is 0.000000810. The van der Waals surface area contributed by atoms with E-state index >= 15 is 0 Å². The second-order valence-electron chi connectivity index (χ2n) is 1.59. The third-order valence-electron chi connectivity index (χ3n) is 0.886. The Labute approximate surface area is 73.1 Å². The van der Waals surface area contributed by atoms with Crippen LogP contribution < -0.4 is 5.73 Å². The molecule has 1 aromatic heterocycles. The van der Waals surface area contributed by atoms with Crippen molar-refractivity contribution in [2.45, 2.75) is 6.42 Å². The van der Waals surface area contributed by atoms with Gasteiger partial charge in [0.1, 0.15) is 5.82 Å². The lowest BCUT2D eigenvalue weighted by molar-refractivity contribution is 0.874. The van der Waals surface area contributed by atoms with Crippen LogP contribution in [0.4, 0.5) is 0 Å². The molecule has 0 saturated carbocycles. The van der Waals surface area contributed by atoms with Crippen molar-refractivity contribution >= 4 is 28.3 Å². The number of aromatic amines is 1. The molecule has 0 fully saturated rings. The molecule has 0 bridgehead atoms. The fraction of sp³-hybridized carbons (Fsp3) is 0.500. The maximum absolute atomic E-state index is 5.27. The Morgan fingerprint density at radius 2 is 2.30 bits per heavy atom. The molecule has 0 aliphatic heterocycles. The SMILES string of the molecule is Cl.NCCc1nc(Br)n[nH]1. The quantitative estimate of drug-likeness (QED) is 0.773. The standard InChI is InChI=1S/C4H7BrN4.ClH/c5-4-7-3(1-2-6)8-9-4;/h1-2,6H2,(H,7,8,9);1H. The predicted octanol–water partition coefficient (Wildman–Crippen LogP) is 0.490. The lowest BCUT2D eigenvalue weighted by Crippen LogP contribution is -2.03. The zero-order chi connectivity index (χ0) is 6.69. The van der Waals surface area contributed by atoms with E-state index in [0.29, 0.717) is 11.3 Å². The van der Waals surface area contributed by atoms with Gasteiger partial charge in [-0.05, 0) is 22.5 Å². The van der Waals surface area contributed by atoms with E-state index in [9.17, 15) is 0 Å². The summed E-state index contributed by atoms with van der Waals surface area (Å²) in [5.41, 5.74) is 5.27. The van der Waals surface area contributed by atoms with E-state index in [1.165, 1.54) is 0 Å². The molecule has 1 rings (SSSR count). The predicted molar refractivity (Wildman–Crippen MR) is 44.1 cm³/mol. The molecule has 3 N–H and O–H groups in total. The minimum atomic E-state index is 0. The Morgan fingerprint density at radius 1 is 1.60 bits per heavy atom. The highest BCUT2D eigenvalue weighted by Crippen LogP contribution is 1.99. The van der Waals surface area contributed by atoms with Crippen molar-refractivity contribution in [1.82, 2.24) is 15.2 Å². The van der Waals surface area contributed by atoms with Gasteiger partial charge in [0.2, 0.25) is 4.73 Å². The van der Waals surface area contributed by atoms with Crippen molar-refractivity contribution in [3.63, 3.8) is 0 Å². The van der Waals surface area contributed by atoms with Gasteiger partial charge < -0.3 is 5.73 Å². The van der Waals surface area contributed by atoms with E-state index in [1.807, 2.05) is 0 Å². The van der Waals surface area contributed by atoms with E-state index < -0.39 is 0 Å². The van der Waals surface area contributed by atoms with Crippen molar-refractivity contribution in [3.8, 4) is 0 Å². The molecule has 10 heavy (non-hydrogen) atoms. The molecular weight excluding hydrogens is 219 g/mol. The molecule has 1 heterocycles. The molecule has 0 spiro atoms. The summed E-state index contributed by atoms with van der Waals surface area (Å²) in [7, 11) is 0. The van der Waals surface area contributed by atoms with Crippen LogP contribution in [0.2, 0.25) is 0 Å². The van der Waals surface area contributed by atoms with E-state index in [0.717, 1.165) is 12.2 Å². The van der Waals surface area contributed by atoms with E-state index in [1.54, 1.807) is 0 Å². The second kappa shape index (κ2) is 4.65. The maximum Gasteiger partial charge on any atom is 0.217 e. The Hall–Kier alpha value is -0.130. The van der Waals surface area contributed by atoms with Gasteiger partial charge in [0.25, 0.3) is 0 Å². The van der Waals surface area contributed by atoms with Gasteiger partial charge in [0.15, 0.2) is 0 Å². The molecule has 0 amide bonds. The summed E-state index contributed by atoms with van der Waals surface area (Å²) in [6, 6.07) is 0. The minimum Gasteiger partial charge on any atom is -0.330 e. The first-order valence-corrected chi connectivity index (χ1v) is 3.39.